The van der Waals surface area contributed by atoms with Crippen molar-refractivity contribution in [2.45, 2.75) is 56.7 Å². The molecule has 37 heavy (non-hydrogen) atoms. The molecular weight excluding hydrogens is 462 g/mol. The number of benzene rings is 3. The lowest BCUT2D eigenvalue weighted by Crippen LogP contribution is -2.61. The molecule has 3 aromatic rings. The molecule has 0 aromatic heterocycles. The monoisotopic (exact) mass is 495 g/mol. The molecule has 1 fully saturated rings. The maximum atomic E-state index is 13.8. The summed E-state index contributed by atoms with van der Waals surface area (Å²) in [4.78, 5) is 43.1. The van der Waals surface area contributed by atoms with Crippen LogP contribution in [0.3, 0.4) is 0 Å². The number of nitrogens with zero attached hydrogens (tertiary/aromatic N) is 1. The van der Waals surface area contributed by atoms with E-state index in [9.17, 15) is 14.4 Å². The lowest BCUT2D eigenvalue weighted by Gasteiger charge is -2.43. The third-order valence-corrected chi connectivity index (χ3v) is 7.51. The molecule has 2 N–H and O–H groups in total. The molecular formula is C31H33N3O3. The van der Waals surface area contributed by atoms with Crippen molar-refractivity contribution >= 4 is 17.7 Å². The van der Waals surface area contributed by atoms with Gasteiger partial charge in [-0.1, -0.05) is 91.7 Å². The average molecular weight is 496 g/mol. The van der Waals surface area contributed by atoms with Crippen molar-refractivity contribution in [1.29, 1.82) is 0 Å². The summed E-state index contributed by atoms with van der Waals surface area (Å²) < 4.78 is 0. The van der Waals surface area contributed by atoms with Gasteiger partial charge in [0.1, 0.15) is 6.04 Å². The number of amides is 3. The Morgan fingerprint density at radius 2 is 1.38 bits per heavy atom. The molecule has 3 amide bonds. The highest BCUT2D eigenvalue weighted by Gasteiger charge is 2.49. The number of carbonyl (C=O) groups excluding carboxylic acids is 3. The molecule has 2 atom stereocenters. The zero-order valence-corrected chi connectivity index (χ0v) is 20.9. The van der Waals surface area contributed by atoms with Gasteiger partial charge in [-0.3, -0.25) is 14.4 Å². The first kappa shape index (κ1) is 24.8. The minimum Gasteiger partial charge on any atom is -0.355 e. The number of hydrogen-bond acceptors (Lipinski definition) is 3. The largest absolute Gasteiger partial charge is 0.355 e. The zero-order chi connectivity index (χ0) is 25.6. The Balaban J connectivity index is 1.44. The molecule has 1 heterocycles. The summed E-state index contributed by atoms with van der Waals surface area (Å²) in [6.07, 6.45) is 4.42. The van der Waals surface area contributed by atoms with Crippen LogP contribution in [0.25, 0.3) is 0 Å². The predicted molar refractivity (Wildman–Crippen MR) is 143 cm³/mol. The smallest absolute Gasteiger partial charge is 0.255 e. The van der Waals surface area contributed by atoms with Gasteiger partial charge in [0.25, 0.3) is 5.91 Å². The highest BCUT2D eigenvalue weighted by Crippen LogP contribution is 2.38. The Kier molecular flexibility index (Phi) is 7.64. The maximum absolute atomic E-state index is 13.8. The van der Waals surface area contributed by atoms with E-state index in [-0.39, 0.29) is 23.8 Å². The lowest BCUT2D eigenvalue weighted by molar-refractivity contribution is -0.134. The second kappa shape index (κ2) is 11.4. The molecule has 1 aliphatic carbocycles. The van der Waals surface area contributed by atoms with Crippen LogP contribution in [0, 0.1) is 0 Å². The van der Waals surface area contributed by atoms with Gasteiger partial charge in [0, 0.05) is 24.7 Å². The van der Waals surface area contributed by atoms with E-state index in [1.807, 2.05) is 78.9 Å². The fraction of sp³-hybridized carbons (Fsp3) is 0.323. The molecule has 190 valence electrons. The van der Waals surface area contributed by atoms with Crippen LogP contribution in [0.15, 0.2) is 84.9 Å². The SMILES string of the molecule is O=C(NCCc1ccccc1)[C@@H]1c2ccccc2C(=O)N(C2CCCC2)[C@H]1C(=O)NCc1ccccc1. The Hall–Kier alpha value is -3.93. The van der Waals surface area contributed by atoms with Crippen LogP contribution in [0.1, 0.15) is 58.6 Å². The molecule has 0 radical (unpaired) electrons. The quantitative estimate of drug-likeness (QED) is 0.491. The Bertz CT molecular complexity index is 1240. The van der Waals surface area contributed by atoms with Crippen LogP contribution in [-0.2, 0) is 22.6 Å². The van der Waals surface area contributed by atoms with Gasteiger partial charge in [-0.15, -0.1) is 0 Å². The second-order valence-corrected chi connectivity index (χ2v) is 9.89. The fourth-order valence-corrected chi connectivity index (χ4v) is 5.67. The minimum atomic E-state index is -0.897. The van der Waals surface area contributed by atoms with E-state index in [0.29, 0.717) is 30.6 Å². The van der Waals surface area contributed by atoms with Crippen molar-refractivity contribution in [3.05, 3.63) is 107 Å². The van der Waals surface area contributed by atoms with Crippen LogP contribution >= 0.6 is 0 Å². The summed E-state index contributed by atoms with van der Waals surface area (Å²) in [7, 11) is 0. The standard InChI is InChI=1S/C31H33N3O3/c35-29(32-20-19-22-11-3-1-4-12-22)27-25-17-9-10-18-26(25)31(37)34(24-15-7-8-16-24)28(27)30(36)33-21-23-13-5-2-6-14-23/h1-6,9-14,17-18,24,27-28H,7-8,15-16,19-21H2,(H,32,35)(H,33,36)/t27-,28-/m1/s1. The molecule has 0 unspecified atom stereocenters. The van der Waals surface area contributed by atoms with Crippen molar-refractivity contribution in [1.82, 2.24) is 15.5 Å². The van der Waals surface area contributed by atoms with Crippen LogP contribution in [0.5, 0.6) is 0 Å². The van der Waals surface area contributed by atoms with Gasteiger partial charge < -0.3 is 15.5 Å². The number of carbonyl (C=O) groups is 3. The summed E-state index contributed by atoms with van der Waals surface area (Å²) in [6.45, 7) is 0.796. The van der Waals surface area contributed by atoms with Crippen LogP contribution in [-0.4, -0.2) is 41.2 Å². The molecule has 5 rings (SSSR count). The van der Waals surface area contributed by atoms with Crippen LogP contribution in [0.2, 0.25) is 0 Å². The fourth-order valence-electron chi connectivity index (χ4n) is 5.67. The summed E-state index contributed by atoms with van der Waals surface area (Å²) in [5, 5.41) is 6.10. The first-order chi connectivity index (χ1) is 18.1. The van der Waals surface area contributed by atoms with Gasteiger partial charge >= 0.3 is 0 Å². The Morgan fingerprint density at radius 3 is 2.08 bits per heavy atom. The second-order valence-electron chi connectivity index (χ2n) is 9.89. The maximum Gasteiger partial charge on any atom is 0.255 e. The van der Waals surface area contributed by atoms with Gasteiger partial charge in [-0.05, 0) is 42.0 Å². The van der Waals surface area contributed by atoms with Crippen molar-refractivity contribution in [2.24, 2.45) is 0 Å². The summed E-state index contributed by atoms with van der Waals surface area (Å²) in [6, 6.07) is 26.0. The summed E-state index contributed by atoms with van der Waals surface area (Å²) >= 11 is 0. The van der Waals surface area contributed by atoms with Gasteiger partial charge in [0.2, 0.25) is 11.8 Å². The molecule has 6 heteroatoms. The van der Waals surface area contributed by atoms with E-state index < -0.39 is 12.0 Å². The van der Waals surface area contributed by atoms with E-state index >= 15 is 0 Å². The number of hydrogen-bond donors (Lipinski definition) is 2. The summed E-state index contributed by atoms with van der Waals surface area (Å²) in [5.74, 6) is -1.45. The molecule has 6 nitrogen and oxygen atoms in total. The van der Waals surface area contributed by atoms with Gasteiger partial charge in [0.05, 0.1) is 5.92 Å². The molecule has 0 saturated heterocycles. The molecule has 0 spiro atoms. The summed E-state index contributed by atoms with van der Waals surface area (Å²) in [5.41, 5.74) is 3.24. The average Bonchev–Trinajstić information content (AvgIpc) is 3.47. The Morgan fingerprint density at radius 1 is 0.757 bits per heavy atom. The minimum absolute atomic E-state index is 0.0482. The van der Waals surface area contributed by atoms with E-state index in [1.165, 1.54) is 0 Å². The first-order valence-corrected chi connectivity index (χ1v) is 13.2. The normalized spacial score (nSPS) is 19.4. The third kappa shape index (κ3) is 5.43. The number of rotatable bonds is 8. The first-order valence-electron chi connectivity index (χ1n) is 13.2. The number of fused-ring (bicyclic) bond motifs is 1. The van der Waals surface area contributed by atoms with Crippen molar-refractivity contribution in [3.8, 4) is 0 Å². The van der Waals surface area contributed by atoms with Crippen molar-refractivity contribution < 1.29 is 14.4 Å². The molecule has 0 bridgehead atoms. The van der Waals surface area contributed by atoms with E-state index in [2.05, 4.69) is 10.6 Å². The lowest BCUT2D eigenvalue weighted by atomic mass is 9.80. The molecule has 3 aromatic carbocycles. The van der Waals surface area contributed by atoms with E-state index in [1.54, 1.807) is 11.0 Å². The predicted octanol–water partition coefficient (Wildman–Crippen LogP) is 4.21. The molecule has 1 aliphatic heterocycles. The van der Waals surface area contributed by atoms with Crippen molar-refractivity contribution in [3.63, 3.8) is 0 Å². The van der Waals surface area contributed by atoms with Gasteiger partial charge in [-0.2, -0.15) is 0 Å². The van der Waals surface area contributed by atoms with Crippen LogP contribution in [0.4, 0.5) is 0 Å². The highest BCUT2D eigenvalue weighted by atomic mass is 16.2. The highest BCUT2D eigenvalue weighted by molar-refractivity contribution is 6.06. The molecule has 1 saturated carbocycles. The van der Waals surface area contributed by atoms with E-state index in [4.69, 9.17) is 0 Å². The molecule has 2 aliphatic rings. The van der Waals surface area contributed by atoms with Crippen LogP contribution < -0.4 is 10.6 Å². The third-order valence-electron chi connectivity index (χ3n) is 7.51. The van der Waals surface area contributed by atoms with Gasteiger partial charge in [0.15, 0.2) is 0 Å². The van der Waals surface area contributed by atoms with Crippen molar-refractivity contribution in [2.75, 3.05) is 6.54 Å². The Labute approximate surface area is 218 Å². The van der Waals surface area contributed by atoms with Gasteiger partial charge in [-0.25, -0.2) is 0 Å². The number of nitrogens with one attached hydrogen (secondary N) is 2. The zero-order valence-electron chi connectivity index (χ0n) is 20.9. The van der Waals surface area contributed by atoms with E-state index in [0.717, 1.165) is 36.8 Å². The topological polar surface area (TPSA) is 78.5 Å².